The molecule has 2 heterocycles. The molecule has 0 spiro atoms. The molecule has 2 aromatic carbocycles. The molecule has 0 aliphatic heterocycles. The van der Waals surface area contributed by atoms with E-state index in [1.165, 1.54) is 0 Å². The fourth-order valence-electron chi connectivity index (χ4n) is 3.77. The number of benzene rings is 2. The average Bonchev–Trinajstić information content (AvgIpc) is 3.32. The Balaban J connectivity index is 1.72. The van der Waals surface area contributed by atoms with Gasteiger partial charge in [0.25, 0.3) is 5.91 Å². The van der Waals surface area contributed by atoms with E-state index in [1.807, 2.05) is 48.0 Å². The summed E-state index contributed by atoms with van der Waals surface area (Å²) < 4.78 is 20.1. The minimum absolute atomic E-state index is 0.285. The van der Waals surface area contributed by atoms with Crippen LogP contribution in [-0.2, 0) is 14.1 Å². The number of nitrogens with zero attached hydrogens (tertiary/aromatic N) is 3. The third-order valence-corrected chi connectivity index (χ3v) is 5.34. The summed E-state index contributed by atoms with van der Waals surface area (Å²) in [6, 6.07) is 13.5. The second-order valence-electron chi connectivity index (χ2n) is 7.02. The SMILES string of the molecule is COc1cc2cc(C(=O)Nc3ncc(-c4ccccc4)n3C)n(C)c2c(OC)c1OC. The predicted molar refractivity (Wildman–Crippen MR) is 119 cm³/mol. The Labute approximate surface area is 180 Å². The number of hydrogen-bond donors (Lipinski definition) is 1. The average molecular weight is 420 g/mol. The number of carbonyl (C=O) groups is 1. The van der Waals surface area contributed by atoms with Gasteiger partial charge >= 0.3 is 0 Å². The summed E-state index contributed by atoms with van der Waals surface area (Å²) in [6.45, 7) is 0. The molecule has 0 aliphatic carbocycles. The van der Waals surface area contributed by atoms with E-state index in [4.69, 9.17) is 14.2 Å². The van der Waals surface area contributed by atoms with Crippen LogP contribution < -0.4 is 19.5 Å². The maximum Gasteiger partial charge on any atom is 0.274 e. The molecule has 0 radical (unpaired) electrons. The zero-order chi connectivity index (χ0) is 22.1. The van der Waals surface area contributed by atoms with Crippen LogP contribution in [0.4, 0.5) is 5.95 Å². The van der Waals surface area contributed by atoms with Gasteiger partial charge in [0.15, 0.2) is 11.5 Å². The molecule has 1 amide bonds. The number of carbonyl (C=O) groups excluding carboxylic acids is 1. The summed E-state index contributed by atoms with van der Waals surface area (Å²) in [6.07, 6.45) is 1.74. The van der Waals surface area contributed by atoms with Gasteiger partial charge in [-0.3, -0.25) is 10.1 Å². The van der Waals surface area contributed by atoms with Crippen LogP contribution >= 0.6 is 0 Å². The summed E-state index contributed by atoms with van der Waals surface area (Å²) in [7, 11) is 8.34. The monoisotopic (exact) mass is 420 g/mol. The van der Waals surface area contributed by atoms with E-state index in [9.17, 15) is 4.79 Å². The maximum atomic E-state index is 13.1. The van der Waals surface area contributed by atoms with Gasteiger partial charge in [-0.1, -0.05) is 30.3 Å². The van der Waals surface area contributed by atoms with Crippen molar-refractivity contribution >= 4 is 22.8 Å². The van der Waals surface area contributed by atoms with E-state index >= 15 is 0 Å². The maximum absolute atomic E-state index is 13.1. The highest BCUT2D eigenvalue weighted by Gasteiger charge is 2.23. The first-order valence-electron chi connectivity index (χ1n) is 9.67. The molecule has 8 heteroatoms. The van der Waals surface area contributed by atoms with Gasteiger partial charge in [-0.2, -0.15) is 0 Å². The van der Waals surface area contributed by atoms with Gasteiger partial charge in [0.1, 0.15) is 5.69 Å². The summed E-state index contributed by atoms with van der Waals surface area (Å²) in [5, 5.41) is 3.70. The number of anilines is 1. The quantitative estimate of drug-likeness (QED) is 0.512. The number of amides is 1. The van der Waals surface area contributed by atoms with Crippen molar-refractivity contribution in [2.24, 2.45) is 14.1 Å². The Kier molecular flexibility index (Phi) is 5.29. The van der Waals surface area contributed by atoms with Crippen molar-refractivity contribution in [3.05, 3.63) is 54.4 Å². The molecule has 0 atom stereocenters. The molecule has 0 saturated heterocycles. The Morgan fingerprint density at radius 1 is 0.935 bits per heavy atom. The van der Waals surface area contributed by atoms with Crippen molar-refractivity contribution in [3.63, 3.8) is 0 Å². The van der Waals surface area contributed by atoms with Crippen molar-refractivity contribution in [1.82, 2.24) is 14.1 Å². The molecule has 0 aliphatic rings. The van der Waals surface area contributed by atoms with E-state index in [0.717, 1.165) is 22.2 Å². The van der Waals surface area contributed by atoms with Gasteiger partial charge in [0, 0.05) is 19.5 Å². The lowest BCUT2D eigenvalue weighted by molar-refractivity contribution is 0.101. The highest BCUT2D eigenvalue weighted by Crippen LogP contribution is 2.44. The highest BCUT2D eigenvalue weighted by atomic mass is 16.5. The summed E-state index contributed by atoms with van der Waals surface area (Å²) >= 11 is 0. The lowest BCUT2D eigenvalue weighted by Gasteiger charge is -2.14. The Bertz CT molecular complexity index is 1260. The first kappa shape index (κ1) is 20.3. The van der Waals surface area contributed by atoms with E-state index in [-0.39, 0.29) is 5.91 Å². The number of ether oxygens (including phenoxy) is 3. The predicted octanol–water partition coefficient (Wildman–Crippen LogP) is 3.86. The number of fused-ring (bicyclic) bond motifs is 1. The molecule has 0 saturated carbocycles. The highest BCUT2D eigenvalue weighted by molar-refractivity contribution is 6.07. The molecule has 0 unspecified atom stereocenters. The third kappa shape index (κ3) is 3.35. The molecule has 4 aromatic rings. The van der Waals surface area contributed by atoms with Crippen LogP contribution in [0.25, 0.3) is 22.2 Å². The number of aromatic nitrogens is 3. The normalized spacial score (nSPS) is 10.9. The Hall–Kier alpha value is -3.94. The molecule has 8 nitrogen and oxygen atoms in total. The van der Waals surface area contributed by atoms with Crippen LogP contribution in [0.5, 0.6) is 17.2 Å². The fourth-order valence-corrected chi connectivity index (χ4v) is 3.77. The van der Waals surface area contributed by atoms with Gasteiger partial charge in [-0.15, -0.1) is 0 Å². The molecule has 160 valence electrons. The fraction of sp³-hybridized carbons (Fsp3) is 0.217. The van der Waals surface area contributed by atoms with Crippen molar-refractivity contribution in [1.29, 1.82) is 0 Å². The number of methoxy groups -OCH3 is 3. The molecular formula is C23H24N4O4. The Morgan fingerprint density at radius 3 is 2.29 bits per heavy atom. The van der Waals surface area contributed by atoms with Crippen LogP contribution in [0.15, 0.2) is 48.7 Å². The molecular weight excluding hydrogens is 396 g/mol. The first-order valence-corrected chi connectivity index (χ1v) is 9.67. The minimum atomic E-state index is -0.285. The van der Waals surface area contributed by atoms with Gasteiger partial charge in [0.2, 0.25) is 11.7 Å². The largest absolute Gasteiger partial charge is 0.493 e. The summed E-state index contributed by atoms with van der Waals surface area (Å²) in [4.78, 5) is 17.5. The zero-order valence-electron chi connectivity index (χ0n) is 18.1. The minimum Gasteiger partial charge on any atom is -0.493 e. The van der Waals surface area contributed by atoms with Crippen LogP contribution in [0.3, 0.4) is 0 Å². The number of hydrogen-bond acceptors (Lipinski definition) is 5. The van der Waals surface area contributed by atoms with E-state index < -0.39 is 0 Å². The molecule has 4 rings (SSSR count). The van der Waals surface area contributed by atoms with Crippen molar-refractivity contribution in [2.75, 3.05) is 26.6 Å². The van der Waals surface area contributed by atoms with E-state index in [2.05, 4.69) is 10.3 Å². The smallest absolute Gasteiger partial charge is 0.274 e. The Morgan fingerprint density at radius 2 is 1.65 bits per heavy atom. The van der Waals surface area contributed by atoms with Gasteiger partial charge in [-0.05, 0) is 17.7 Å². The topological polar surface area (TPSA) is 79.5 Å². The summed E-state index contributed by atoms with van der Waals surface area (Å²) in [5.41, 5.74) is 3.11. The van der Waals surface area contributed by atoms with Crippen LogP contribution in [0.1, 0.15) is 10.5 Å². The lowest BCUT2D eigenvalue weighted by Crippen LogP contribution is -2.18. The lowest BCUT2D eigenvalue weighted by atomic mass is 10.2. The zero-order valence-corrected chi connectivity index (χ0v) is 18.1. The molecule has 0 bridgehead atoms. The van der Waals surface area contributed by atoms with Gasteiger partial charge < -0.3 is 23.3 Å². The molecule has 1 N–H and O–H groups in total. The second kappa shape index (κ2) is 8.06. The molecule has 0 fully saturated rings. The number of rotatable bonds is 6. The van der Waals surface area contributed by atoms with Crippen molar-refractivity contribution in [2.45, 2.75) is 0 Å². The third-order valence-electron chi connectivity index (χ3n) is 5.34. The van der Waals surface area contributed by atoms with E-state index in [1.54, 1.807) is 45.2 Å². The number of aryl methyl sites for hydroxylation is 1. The summed E-state index contributed by atoms with van der Waals surface area (Å²) in [5.74, 6) is 1.67. The van der Waals surface area contributed by atoms with Crippen molar-refractivity contribution < 1.29 is 19.0 Å². The molecule has 31 heavy (non-hydrogen) atoms. The van der Waals surface area contributed by atoms with Crippen LogP contribution in [-0.4, -0.2) is 41.4 Å². The van der Waals surface area contributed by atoms with Crippen LogP contribution in [0, 0.1) is 0 Å². The van der Waals surface area contributed by atoms with Crippen molar-refractivity contribution in [3.8, 4) is 28.5 Å². The van der Waals surface area contributed by atoms with Crippen LogP contribution in [0.2, 0.25) is 0 Å². The van der Waals surface area contributed by atoms with E-state index in [0.29, 0.717) is 28.9 Å². The van der Waals surface area contributed by atoms with Gasteiger partial charge in [-0.25, -0.2) is 4.98 Å². The molecule has 2 aromatic heterocycles. The van der Waals surface area contributed by atoms with Gasteiger partial charge in [0.05, 0.1) is 38.7 Å². The second-order valence-corrected chi connectivity index (χ2v) is 7.02. The first-order chi connectivity index (χ1) is 15.0. The standard InChI is InChI=1S/C23H24N4O4/c1-26-16(11-15-12-18(29-3)20(30-4)21(31-5)19(15)26)22(28)25-23-24-13-17(27(23)2)14-9-7-6-8-10-14/h6-13H,1-5H3,(H,24,25,28). The number of imidazole rings is 1. The number of nitrogens with one attached hydrogen (secondary N) is 1.